The first-order chi connectivity index (χ1) is 10.2. The summed E-state index contributed by atoms with van der Waals surface area (Å²) in [5, 5.41) is 0. The molecule has 1 fully saturated rings. The fourth-order valence-corrected chi connectivity index (χ4v) is 2.79. The van der Waals surface area contributed by atoms with Crippen LogP contribution in [0.1, 0.15) is 5.56 Å². The fourth-order valence-electron chi connectivity index (χ4n) is 2.79. The van der Waals surface area contributed by atoms with Crippen molar-refractivity contribution >= 4 is 5.69 Å². The summed E-state index contributed by atoms with van der Waals surface area (Å²) in [6.45, 7) is 5.70. The number of nitrogens with zero attached hydrogens (tertiary/aromatic N) is 2. The summed E-state index contributed by atoms with van der Waals surface area (Å²) in [6, 6.07) is 16.9. The van der Waals surface area contributed by atoms with E-state index in [1.165, 1.54) is 29.8 Å². The summed E-state index contributed by atoms with van der Waals surface area (Å²) in [5.41, 5.74) is 10.5. The Morgan fingerprint density at radius 3 is 2.29 bits per heavy atom. The SMILES string of the molecule is CN1CCN(Cc2ccc(-c3cccc(N)c3)cc2)CC1. The molecular formula is C18H23N3. The van der Waals surface area contributed by atoms with E-state index in [2.05, 4.69) is 47.2 Å². The average molecular weight is 281 g/mol. The summed E-state index contributed by atoms with van der Waals surface area (Å²) in [7, 11) is 2.19. The standard InChI is InChI=1S/C18H23N3/c1-20-9-11-21(12-10-20)14-15-5-7-16(8-6-15)17-3-2-4-18(19)13-17/h2-8,13H,9-12,14,19H2,1H3. The molecular weight excluding hydrogens is 258 g/mol. The molecule has 2 aromatic rings. The van der Waals surface area contributed by atoms with Crippen LogP contribution >= 0.6 is 0 Å². The van der Waals surface area contributed by atoms with Crippen molar-refractivity contribution in [3.63, 3.8) is 0 Å². The van der Waals surface area contributed by atoms with E-state index in [0.717, 1.165) is 25.3 Å². The van der Waals surface area contributed by atoms with Gasteiger partial charge in [-0.2, -0.15) is 0 Å². The summed E-state index contributed by atoms with van der Waals surface area (Å²) < 4.78 is 0. The van der Waals surface area contributed by atoms with Gasteiger partial charge in [-0.25, -0.2) is 0 Å². The quantitative estimate of drug-likeness (QED) is 0.878. The van der Waals surface area contributed by atoms with Crippen molar-refractivity contribution in [2.45, 2.75) is 6.54 Å². The van der Waals surface area contributed by atoms with Crippen LogP contribution in [0.5, 0.6) is 0 Å². The largest absolute Gasteiger partial charge is 0.399 e. The first-order valence-electron chi connectivity index (χ1n) is 7.56. The molecule has 0 saturated carbocycles. The number of nitrogen functional groups attached to an aromatic ring is 1. The van der Waals surface area contributed by atoms with Crippen molar-refractivity contribution in [3.05, 3.63) is 54.1 Å². The summed E-state index contributed by atoms with van der Waals surface area (Å²) in [5.74, 6) is 0. The number of piperazine rings is 1. The zero-order valence-corrected chi connectivity index (χ0v) is 12.6. The molecule has 3 nitrogen and oxygen atoms in total. The van der Waals surface area contributed by atoms with E-state index < -0.39 is 0 Å². The minimum atomic E-state index is 0.814. The van der Waals surface area contributed by atoms with Gasteiger partial charge in [-0.1, -0.05) is 36.4 Å². The molecule has 0 aliphatic carbocycles. The zero-order valence-electron chi connectivity index (χ0n) is 12.6. The molecule has 3 rings (SSSR count). The monoisotopic (exact) mass is 281 g/mol. The number of benzene rings is 2. The van der Waals surface area contributed by atoms with Crippen LogP contribution in [0.25, 0.3) is 11.1 Å². The highest BCUT2D eigenvalue weighted by molar-refractivity contribution is 5.67. The molecule has 1 saturated heterocycles. The number of hydrogen-bond acceptors (Lipinski definition) is 3. The van der Waals surface area contributed by atoms with Gasteiger partial charge in [-0.3, -0.25) is 4.90 Å². The van der Waals surface area contributed by atoms with Crippen LogP contribution in [-0.2, 0) is 6.54 Å². The van der Waals surface area contributed by atoms with Crippen LogP contribution in [0.4, 0.5) is 5.69 Å². The van der Waals surface area contributed by atoms with Gasteiger partial charge in [0.25, 0.3) is 0 Å². The van der Waals surface area contributed by atoms with Crippen molar-refractivity contribution in [2.75, 3.05) is 39.0 Å². The molecule has 0 aromatic heterocycles. The number of rotatable bonds is 3. The van der Waals surface area contributed by atoms with E-state index in [9.17, 15) is 0 Å². The Kier molecular flexibility index (Phi) is 4.23. The topological polar surface area (TPSA) is 32.5 Å². The second kappa shape index (κ2) is 6.29. The molecule has 0 atom stereocenters. The minimum absolute atomic E-state index is 0.814. The number of nitrogens with two attached hydrogens (primary N) is 1. The summed E-state index contributed by atoms with van der Waals surface area (Å²) in [4.78, 5) is 4.91. The van der Waals surface area contributed by atoms with E-state index in [1.54, 1.807) is 0 Å². The van der Waals surface area contributed by atoms with E-state index in [-0.39, 0.29) is 0 Å². The predicted molar refractivity (Wildman–Crippen MR) is 89.1 cm³/mol. The Balaban J connectivity index is 1.67. The molecule has 2 aromatic carbocycles. The lowest BCUT2D eigenvalue weighted by atomic mass is 10.0. The van der Waals surface area contributed by atoms with Gasteiger partial charge >= 0.3 is 0 Å². The first kappa shape index (κ1) is 14.1. The maximum absolute atomic E-state index is 5.85. The maximum Gasteiger partial charge on any atom is 0.0320 e. The molecule has 1 aliphatic heterocycles. The van der Waals surface area contributed by atoms with Crippen LogP contribution in [0.15, 0.2) is 48.5 Å². The van der Waals surface area contributed by atoms with E-state index in [1.807, 2.05) is 18.2 Å². The van der Waals surface area contributed by atoms with Gasteiger partial charge in [-0.15, -0.1) is 0 Å². The van der Waals surface area contributed by atoms with Crippen LogP contribution < -0.4 is 5.73 Å². The van der Waals surface area contributed by atoms with E-state index >= 15 is 0 Å². The van der Waals surface area contributed by atoms with Crippen LogP contribution in [0.3, 0.4) is 0 Å². The van der Waals surface area contributed by atoms with Crippen molar-refractivity contribution in [3.8, 4) is 11.1 Å². The Bertz CT molecular complexity index is 584. The van der Waals surface area contributed by atoms with Gasteiger partial charge in [0.05, 0.1) is 0 Å². The highest BCUT2D eigenvalue weighted by Crippen LogP contribution is 2.22. The highest BCUT2D eigenvalue weighted by atomic mass is 15.2. The third-order valence-corrected chi connectivity index (χ3v) is 4.18. The number of hydrogen-bond donors (Lipinski definition) is 1. The molecule has 21 heavy (non-hydrogen) atoms. The van der Waals surface area contributed by atoms with Gasteiger partial charge in [-0.05, 0) is 35.9 Å². The molecule has 3 heteroatoms. The third kappa shape index (κ3) is 3.63. The Hall–Kier alpha value is -1.84. The second-order valence-corrected chi connectivity index (χ2v) is 5.90. The van der Waals surface area contributed by atoms with Crippen molar-refractivity contribution in [1.29, 1.82) is 0 Å². The van der Waals surface area contributed by atoms with Crippen molar-refractivity contribution in [1.82, 2.24) is 9.80 Å². The third-order valence-electron chi connectivity index (χ3n) is 4.18. The number of likely N-dealkylation sites (N-methyl/N-ethyl adjacent to an activating group) is 1. The molecule has 0 bridgehead atoms. The molecule has 0 unspecified atom stereocenters. The smallest absolute Gasteiger partial charge is 0.0320 e. The van der Waals surface area contributed by atoms with Gasteiger partial charge in [0.1, 0.15) is 0 Å². The Morgan fingerprint density at radius 2 is 1.62 bits per heavy atom. The summed E-state index contributed by atoms with van der Waals surface area (Å²) in [6.07, 6.45) is 0. The van der Waals surface area contributed by atoms with E-state index in [0.29, 0.717) is 0 Å². The normalized spacial score (nSPS) is 17.0. The van der Waals surface area contributed by atoms with Gasteiger partial charge < -0.3 is 10.6 Å². The van der Waals surface area contributed by atoms with E-state index in [4.69, 9.17) is 5.73 Å². The molecule has 110 valence electrons. The van der Waals surface area contributed by atoms with Gasteiger partial charge in [0, 0.05) is 38.4 Å². The van der Waals surface area contributed by atoms with Crippen LogP contribution in [0.2, 0.25) is 0 Å². The van der Waals surface area contributed by atoms with Crippen LogP contribution in [0, 0.1) is 0 Å². The lowest BCUT2D eigenvalue weighted by molar-refractivity contribution is 0.148. The highest BCUT2D eigenvalue weighted by Gasteiger charge is 2.13. The van der Waals surface area contributed by atoms with Gasteiger partial charge in [0.2, 0.25) is 0 Å². The number of anilines is 1. The molecule has 0 radical (unpaired) electrons. The maximum atomic E-state index is 5.85. The minimum Gasteiger partial charge on any atom is -0.399 e. The molecule has 0 amide bonds. The molecule has 2 N–H and O–H groups in total. The molecule has 1 aliphatic rings. The zero-order chi connectivity index (χ0) is 14.7. The summed E-state index contributed by atoms with van der Waals surface area (Å²) >= 11 is 0. The molecule has 1 heterocycles. The second-order valence-electron chi connectivity index (χ2n) is 5.90. The van der Waals surface area contributed by atoms with Gasteiger partial charge in [0.15, 0.2) is 0 Å². The van der Waals surface area contributed by atoms with Crippen LogP contribution in [-0.4, -0.2) is 43.0 Å². The first-order valence-corrected chi connectivity index (χ1v) is 7.56. The Morgan fingerprint density at radius 1 is 0.905 bits per heavy atom. The lowest BCUT2D eigenvalue weighted by Crippen LogP contribution is -2.43. The van der Waals surface area contributed by atoms with Crippen molar-refractivity contribution in [2.24, 2.45) is 0 Å². The molecule has 0 spiro atoms. The average Bonchev–Trinajstić information content (AvgIpc) is 2.50. The lowest BCUT2D eigenvalue weighted by Gasteiger charge is -2.32. The fraction of sp³-hybridized carbons (Fsp3) is 0.333. The Labute approximate surface area is 127 Å². The predicted octanol–water partition coefficient (Wildman–Crippen LogP) is 2.68. The van der Waals surface area contributed by atoms with Crippen molar-refractivity contribution < 1.29 is 0 Å².